The van der Waals surface area contributed by atoms with Crippen LogP contribution >= 0.6 is 0 Å². The van der Waals surface area contributed by atoms with Crippen molar-refractivity contribution < 1.29 is 15.0 Å². The first-order valence-corrected chi connectivity index (χ1v) is 3.51. The van der Waals surface area contributed by atoms with Crippen molar-refractivity contribution in [2.75, 3.05) is 0 Å². The summed E-state index contributed by atoms with van der Waals surface area (Å²) < 4.78 is 0. The number of hydrogen-bond donors (Lipinski definition) is 2. The summed E-state index contributed by atoms with van der Waals surface area (Å²) in [4.78, 5) is 10.4. The third kappa shape index (κ3) is 2.72. The third-order valence-corrected chi connectivity index (χ3v) is 1.75. The van der Waals surface area contributed by atoms with E-state index >= 15 is 0 Å². The number of aliphatic carboxylic acids is 1. The van der Waals surface area contributed by atoms with Crippen molar-refractivity contribution in [3.63, 3.8) is 0 Å². The van der Waals surface area contributed by atoms with Gasteiger partial charge in [-0.15, -0.1) is 0 Å². The van der Waals surface area contributed by atoms with Gasteiger partial charge in [0.25, 0.3) is 0 Å². The van der Waals surface area contributed by atoms with E-state index in [0.717, 1.165) is 0 Å². The van der Waals surface area contributed by atoms with Crippen LogP contribution in [0.5, 0.6) is 0 Å². The fourth-order valence-corrected chi connectivity index (χ4v) is 0.732. The van der Waals surface area contributed by atoms with Crippen LogP contribution in [0.25, 0.3) is 0 Å². The topological polar surface area (TPSA) is 57.5 Å². The zero-order valence-electron chi connectivity index (χ0n) is 7.03. The lowest BCUT2D eigenvalue weighted by molar-refractivity contribution is -0.147. The Kier molecular flexibility index (Phi) is 3.26. The third-order valence-electron chi connectivity index (χ3n) is 1.75. The molecule has 0 heterocycles. The number of aliphatic hydroxyl groups is 1. The van der Waals surface area contributed by atoms with E-state index in [1.165, 1.54) is 19.9 Å². The average Bonchev–Trinajstić information content (AvgIpc) is 1.86. The maximum atomic E-state index is 10.4. The maximum absolute atomic E-state index is 10.4. The van der Waals surface area contributed by atoms with Crippen LogP contribution in [-0.4, -0.2) is 21.8 Å². The molecule has 0 fully saturated rings. The predicted octanol–water partition coefficient (Wildman–Crippen LogP) is 1.03. The standard InChI is InChI=1S/C8H14O3/c1-4-5-8(3,11)6(2)7(9)10/h4-6,11H,1-3H3,(H,9,10)/b5-4+. The van der Waals surface area contributed by atoms with Gasteiger partial charge in [-0.05, 0) is 20.8 Å². The quantitative estimate of drug-likeness (QED) is 0.603. The highest BCUT2D eigenvalue weighted by molar-refractivity contribution is 5.71. The molecule has 3 heteroatoms. The zero-order valence-corrected chi connectivity index (χ0v) is 7.03. The molecule has 2 unspecified atom stereocenters. The molecule has 0 aromatic rings. The Morgan fingerprint density at radius 1 is 1.64 bits per heavy atom. The van der Waals surface area contributed by atoms with Crippen LogP contribution in [0.4, 0.5) is 0 Å². The molecule has 0 aromatic carbocycles. The van der Waals surface area contributed by atoms with Gasteiger partial charge in [0, 0.05) is 0 Å². The first-order valence-electron chi connectivity index (χ1n) is 3.51. The summed E-state index contributed by atoms with van der Waals surface area (Å²) in [6.45, 7) is 4.69. The summed E-state index contributed by atoms with van der Waals surface area (Å²) in [5, 5.41) is 18.0. The number of hydrogen-bond acceptors (Lipinski definition) is 2. The Labute approximate surface area is 66.4 Å². The van der Waals surface area contributed by atoms with Crippen molar-refractivity contribution in [3.05, 3.63) is 12.2 Å². The molecule has 11 heavy (non-hydrogen) atoms. The van der Waals surface area contributed by atoms with Crippen molar-refractivity contribution in [3.8, 4) is 0 Å². The second kappa shape index (κ2) is 3.53. The Morgan fingerprint density at radius 3 is 2.36 bits per heavy atom. The van der Waals surface area contributed by atoms with Crippen molar-refractivity contribution in [2.45, 2.75) is 26.4 Å². The summed E-state index contributed by atoms with van der Waals surface area (Å²) >= 11 is 0. The highest BCUT2D eigenvalue weighted by Crippen LogP contribution is 2.18. The summed E-state index contributed by atoms with van der Waals surface area (Å²) in [7, 11) is 0. The molecule has 0 aromatic heterocycles. The second-order valence-electron chi connectivity index (χ2n) is 2.79. The fourth-order valence-electron chi connectivity index (χ4n) is 0.732. The molecule has 0 spiro atoms. The van der Waals surface area contributed by atoms with Crippen LogP contribution in [-0.2, 0) is 4.79 Å². The lowest BCUT2D eigenvalue weighted by Gasteiger charge is -2.23. The monoisotopic (exact) mass is 158 g/mol. The van der Waals surface area contributed by atoms with E-state index in [4.69, 9.17) is 5.11 Å². The SMILES string of the molecule is C/C=C/C(C)(O)C(C)C(=O)O. The Bertz CT molecular complexity index is 170. The summed E-state index contributed by atoms with van der Waals surface area (Å²) in [6, 6.07) is 0. The summed E-state index contributed by atoms with van der Waals surface area (Å²) in [5.74, 6) is -1.77. The average molecular weight is 158 g/mol. The number of carboxylic acids is 1. The molecule has 0 radical (unpaired) electrons. The van der Waals surface area contributed by atoms with Crippen LogP contribution in [0.1, 0.15) is 20.8 Å². The van der Waals surface area contributed by atoms with E-state index in [1.807, 2.05) is 0 Å². The Hall–Kier alpha value is -0.830. The molecule has 0 saturated heterocycles. The van der Waals surface area contributed by atoms with Gasteiger partial charge in [0.1, 0.15) is 0 Å². The lowest BCUT2D eigenvalue weighted by Crippen LogP contribution is -2.35. The molecule has 0 aliphatic rings. The first kappa shape index (κ1) is 10.2. The van der Waals surface area contributed by atoms with Gasteiger partial charge < -0.3 is 10.2 Å². The van der Waals surface area contributed by atoms with E-state index in [0.29, 0.717) is 0 Å². The van der Waals surface area contributed by atoms with Crippen molar-refractivity contribution in [2.24, 2.45) is 5.92 Å². The minimum Gasteiger partial charge on any atom is -0.481 e. The molecular weight excluding hydrogens is 144 g/mol. The number of carboxylic acid groups (broad SMARTS) is 1. The van der Waals surface area contributed by atoms with Gasteiger partial charge in [-0.25, -0.2) is 0 Å². The number of carbonyl (C=O) groups is 1. The van der Waals surface area contributed by atoms with Crippen LogP contribution in [0.15, 0.2) is 12.2 Å². The molecule has 64 valence electrons. The number of allylic oxidation sites excluding steroid dienone is 1. The second-order valence-corrected chi connectivity index (χ2v) is 2.79. The van der Waals surface area contributed by atoms with E-state index in [9.17, 15) is 9.90 Å². The van der Waals surface area contributed by atoms with Crippen molar-refractivity contribution in [1.29, 1.82) is 0 Å². The normalized spacial score (nSPS) is 19.6. The van der Waals surface area contributed by atoms with E-state index in [1.54, 1.807) is 13.0 Å². The van der Waals surface area contributed by atoms with Crippen molar-refractivity contribution in [1.82, 2.24) is 0 Å². The van der Waals surface area contributed by atoms with Gasteiger partial charge in [0.05, 0.1) is 11.5 Å². The van der Waals surface area contributed by atoms with Crippen LogP contribution in [0, 0.1) is 5.92 Å². The first-order chi connectivity index (χ1) is 4.91. The van der Waals surface area contributed by atoms with Gasteiger partial charge in [-0.3, -0.25) is 4.79 Å². The molecule has 0 aliphatic heterocycles. The molecule has 2 atom stereocenters. The van der Waals surface area contributed by atoms with Crippen LogP contribution in [0.3, 0.4) is 0 Å². The summed E-state index contributed by atoms with van der Waals surface area (Å²) in [6.07, 6.45) is 3.12. The maximum Gasteiger partial charge on any atom is 0.309 e. The molecule has 0 bridgehead atoms. The minimum atomic E-state index is -1.25. The Balaban J connectivity index is 4.41. The van der Waals surface area contributed by atoms with E-state index in [2.05, 4.69) is 0 Å². The molecule has 3 nitrogen and oxygen atoms in total. The van der Waals surface area contributed by atoms with Gasteiger partial charge in [-0.2, -0.15) is 0 Å². The fraction of sp³-hybridized carbons (Fsp3) is 0.625. The van der Waals surface area contributed by atoms with Gasteiger partial charge >= 0.3 is 5.97 Å². The van der Waals surface area contributed by atoms with E-state index < -0.39 is 17.5 Å². The minimum absolute atomic E-state index is 0.779. The van der Waals surface area contributed by atoms with E-state index in [-0.39, 0.29) is 0 Å². The highest BCUT2D eigenvalue weighted by Gasteiger charge is 2.30. The molecule has 0 amide bonds. The molecule has 0 aliphatic carbocycles. The molecule has 0 rings (SSSR count). The van der Waals surface area contributed by atoms with Gasteiger partial charge in [0.2, 0.25) is 0 Å². The highest BCUT2D eigenvalue weighted by atomic mass is 16.4. The predicted molar refractivity (Wildman–Crippen MR) is 42.2 cm³/mol. The Morgan fingerprint density at radius 2 is 2.09 bits per heavy atom. The van der Waals surface area contributed by atoms with Crippen LogP contribution in [0.2, 0.25) is 0 Å². The lowest BCUT2D eigenvalue weighted by atomic mass is 9.91. The molecular formula is C8H14O3. The van der Waals surface area contributed by atoms with Crippen LogP contribution < -0.4 is 0 Å². The zero-order chi connectivity index (χ0) is 9.07. The molecule has 2 N–H and O–H groups in total. The molecule has 0 saturated carbocycles. The van der Waals surface area contributed by atoms with Crippen molar-refractivity contribution >= 4 is 5.97 Å². The number of rotatable bonds is 3. The largest absolute Gasteiger partial charge is 0.481 e. The van der Waals surface area contributed by atoms with Gasteiger partial charge in [-0.1, -0.05) is 12.2 Å². The smallest absolute Gasteiger partial charge is 0.309 e. The summed E-state index contributed by atoms with van der Waals surface area (Å²) in [5.41, 5.74) is -1.25. The van der Waals surface area contributed by atoms with Gasteiger partial charge in [0.15, 0.2) is 0 Å².